The normalized spacial score (nSPS) is 17.7. The molecule has 2 N–H and O–H groups in total. The van der Waals surface area contributed by atoms with Crippen molar-refractivity contribution in [3.05, 3.63) is 64.7 Å². The quantitative estimate of drug-likeness (QED) is 0.532. The third-order valence-electron chi connectivity index (χ3n) is 5.04. The number of ketones is 1. The van der Waals surface area contributed by atoms with Gasteiger partial charge in [0.25, 0.3) is 0 Å². The second-order valence-electron chi connectivity index (χ2n) is 8.61. The van der Waals surface area contributed by atoms with Gasteiger partial charge in [0.15, 0.2) is 17.3 Å². The van der Waals surface area contributed by atoms with Gasteiger partial charge in [0.05, 0.1) is 11.1 Å². The summed E-state index contributed by atoms with van der Waals surface area (Å²) in [4.78, 5) is 12.7. The summed E-state index contributed by atoms with van der Waals surface area (Å²) in [5, 5.41) is 20.9. The zero-order valence-corrected chi connectivity index (χ0v) is 17.4. The summed E-state index contributed by atoms with van der Waals surface area (Å²) in [5.74, 6) is 0.515. The molecule has 0 spiro atoms. The second kappa shape index (κ2) is 6.80. The smallest absolute Gasteiger partial charge is 0.189 e. The lowest BCUT2D eigenvalue weighted by Gasteiger charge is -2.28. The van der Waals surface area contributed by atoms with E-state index in [0.29, 0.717) is 22.6 Å². The minimum Gasteiger partial charge on any atom is -0.506 e. The minimum atomic E-state index is -0.491. The molecule has 0 atom stereocenters. The number of ether oxygens (including phenoxy) is 2. The van der Waals surface area contributed by atoms with Crippen molar-refractivity contribution in [1.29, 1.82) is 0 Å². The number of phenols is 2. The molecule has 2 aromatic rings. The van der Waals surface area contributed by atoms with Crippen LogP contribution in [0.2, 0.25) is 0 Å². The topological polar surface area (TPSA) is 76.0 Å². The maximum atomic E-state index is 12.7. The highest BCUT2D eigenvalue weighted by molar-refractivity contribution is 6.09. The standard InChI is InChI=1S/C25H24O5/c1-24(2)12-10-18-21(29-24)8-6-17(22(18)28)19(26)7-5-15-13-16-9-11-25(3,4)30-23(16)20(27)14-15/h5-14,27-28H,1-4H3. The molecule has 0 fully saturated rings. The fourth-order valence-corrected chi connectivity index (χ4v) is 3.48. The van der Waals surface area contributed by atoms with E-state index in [1.165, 1.54) is 6.08 Å². The number of carbonyl (C=O) groups is 1. The number of carbonyl (C=O) groups excluding carboxylic acids is 1. The molecule has 0 saturated heterocycles. The van der Waals surface area contributed by atoms with Gasteiger partial charge < -0.3 is 19.7 Å². The van der Waals surface area contributed by atoms with Crippen molar-refractivity contribution in [2.45, 2.75) is 38.9 Å². The Balaban J connectivity index is 1.60. The molecule has 0 aromatic heterocycles. The summed E-state index contributed by atoms with van der Waals surface area (Å²) in [6.07, 6.45) is 10.4. The fraction of sp³-hybridized carbons (Fsp3) is 0.240. The fourth-order valence-electron chi connectivity index (χ4n) is 3.48. The Bertz CT molecular complexity index is 1130. The van der Waals surface area contributed by atoms with Crippen LogP contribution >= 0.6 is 0 Å². The predicted octanol–water partition coefficient (Wildman–Crippen LogP) is 5.36. The number of fused-ring (bicyclic) bond motifs is 2. The lowest BCUT2D eigenvalue weighted by molar-refractivity contribution is 0.104. The number of rotatable bonds is 3. The summed E-state index contributed by atoms with van der Waals surface area (Å²) < 4.78 is 11.6. The molecule has 154 valence electrons. The number of benzene rings is 2. The van der Waals surface area contributed by atoms with Crippen molar-refractivity contribution in [2.24, 2.45) is 0 Å². The third kappa shape index (κ3) is 3.71. The molecule has 0 unspecified atom stereocenters. The molecule has 0 saturated carbocycles. The van der Waals surface area contributed by atoms with Crippen LogP contribution < -0.4 is 9.47 Å². The molecule has 2 aliphatic heterocycles. The zero-order valence-electron chi connectivity index (χ0n) is 17.4. The Kier molecular flexibility index (Phi) is 4.49. The molecule has 2 heterocycles. The van der Waals surface area contributed by atoms with Crippen LogP contribution in [0.25, 0.3) is 18.2 Å². The molecule has 0 aliphatic carbocycles. The Hall–Kier alpha value is -3.47. The van der Waals surface area contributed by atoms with Gasteiger partial charge >= 0.3 is 0 Å². The Labute approximate surface area is 175 Å². The van der Waals surface area contributed by atoms with Crippen molar-refractivity contribution < 1.29 is 24.5 Å². The first-order valence-electron chi connectivity index (χ1n) is 9.77. The molecule has 2 aromatic carbocycles. The molecule has 0 amide bonds. The van der Waals surface area contributed by atoms with E-state index in [2.05, 4.69) is 0 Å². The number of hydrogen-bond donors (Lipinski definition) is 2. The van der Waals surface area contributed by atoms with E-state index in [9.17, 15) is 15.0 Å². The van der Waals surface area contributed by atoms with Crippen LogP contribution in [0.5, 0.6) is 23.0 Å². The van der Waals surface area contributed by atoms with E-state index in [1.807, 2.05) is 52.0 Å². The molecular weight excluding hydrogens is 380 g/mol. The van der Waals surface area contributed by atoms with Crippen LogP contribution in [0.1, 0.15) is 54.7 Å². The van der Waals surface area contributed by atoms with Crippen LogP contribution in [0.3, 0.4) is 0 Å². The first kappa shape index (κ1) is 19.8. The Morgan fingerprint density at radius 1 is 0.967 bits per heavy atom. The number of hydrogen-bond acceptors (Lipinski definition) is 5. The van der Waals surface area contributed by atoms with Crippen molar-refractivity contribution >= 4 is 24.0 Å². The van der Waals surface area contributed by atoms with Crippen LogP contribution in [0.15, 0.2) is 42.5 Å². The molecule has 2 aliphatic rings. The summed E-state index contributed by atoms with van der Waals surface area (Å²) in [6.45, 7) is 7.65. The average molecular weight is 404 g/mol. The number of allylic oxidation sites excluding steroid dienone is 1. The Morgan fingerprint density at radius 3 is 2.43 bits per heavy atom. The highest BCUT2D eigenvalue weighted by atomic mass is 16.5. The van der Waals surface area contributed by atoms with Crippen LogP contribution in [0.4, 0.5) is 0 Å². The highest BCUT2D eigenvalue weighted by Gasteiger charge is 2.26. The van der Waals surface area contributed by atoms with E-state index in [1.54, 1.807) is 30.4 Å². The van der Waals surface area contributed by atoms with E-state index in [4.69, 9.17) is 9.47 Å². The van der Waals surface area contributed by atoms with Gasteiger partial charge in [-0.3, -0.25) is 4.79 Å². The van der Waals surface area contributed by atoms with Gasteiger partial charge in [-0.1, -0.05) is 12.2 Å². The largest absolute Gasteiger partial charge is 0.506 e. The molecule has 30 heavy (non-hydrogen) atoms. The van der Waals surface area contributed by atoms with Crippen LogP contribution in [0, 0.1) is 0 Å². The summed E-state index contributed by atoms with van der Waals surface area (Å²) in [5.41, 5.74) is 1.11. The van der Waals surface area contributed by atoms with Crippen LogP contribution in [-0.2, 0) is 0 Å². The van der Waals surface area contributed by atoms with Crippen molar-refractivity contribution in [1.82, 2.24) is 0 Å². The minimum absolute atomic E-state index is 0.0125. The summed E-state index contributed by atoms with van der Waals surface area (Å²) in [6, 6.07) is 6.62. The van der Waals surface area contributed by atoms with Gasteiger partial charge in [-0.2, -0.15) is 0 Å². The van der Waals surface area contributed by atoms with Crippen molar-refractivity contribution in [3.63, 3.8) is 0 Å². The lowest BCUT2D eigenvalue weighted by Crippen LogP contribution is -2.27. The maximum absolute atomic E-state index is 12.7. The van der Waals surface area contributed by atoms with E-state index in [0.717, 1.165) is 5.56 Å². The number of phenolic OH excluding ortho intramolecular Hbond substituents is 2. The molecule has 5 nitrogen and oxygen atoms in total. The summed E-state index contributed by atoms with van der Waals surface area (Å²) in [7, 11) is 0. The van der Waals surface area contributed by atoms with Crippen LogP contribution in [-0.4, -0.2) is 27.2 Å². The SMILES string of the molecule is CC1(C)C=Cc2c(ccc(C(=O)C=Cc3cc(O)c4c(c3)C=CC(C)(C)O4)c2O)O1. The maximum Gasteiger partial charge on any atom is 0.189 e. The average Bonchev–Trinajstić information content (AvgIpc) is 2.66. The van der Waals surface area contributed by atoms with Crippen molar-refractivity contribution in [3.8, 4) is 23.0 Å². The number of aromatic hydroxyl groups is 2. The molecule has 0 bridgehead atoms. The first-order valence-corrected chi connectivity index (χ1v) is 9.77. The Morgan fingerprint density at radius 2 is 1.67 bits per heavy atom. The zero-order chi connectivity index (χ0) is 21.7. The van der Waals surface area contributed by atoms with Gasteiger partial charge in [0.1, 0.15) is 22.7 Å². The molecule has 5 heteroatoms. The van der Waals surface area contributed by atoms with Crippen molar-refractivity contribution in [2.75, 3.05) is 0 Å². The molecule has 4 rings (SSSR count). The third-order valence-corrected chi connectivity index (χ3v) is 5.04. The highest BCUT2D eigenvalue weighted by Crippen LogP contribution is 2.40. The lowest BCUT2D eigenvalue weighted by atomic mass is 9.97. The second-order valence-corrected chi connectivity index (χ2v) is 8.61. The van der Waals surface area contributed by atoms with Gasteiger partial charge in [-0.25, -0.2) is 0 Å². The van der Waals surface area contributed by atoms with E-state index in [-0.39, 0.29) is 22.8 Å². The summed E-state index contributed by atoms with van der Waals surface area (Å²) >= 11 is 0. The van der Waals surface area contributed by atoms with Gasteiger partial charge in [-0.15, -0.1) is 0 Å². The predicted molar refractivity (Wildman–Crippen MR) is 117 cm³/mol. The van der Waals surface area contributed by atoms with Gasteiger partial charge in [-0.05, 0) is 81.8 Å². The van der Waals surface area contributed by atoms with Gasteiger partial charge in [0.2, 0.25) is 0 Å². The van der Waals surface area contributed by atoms with Gasteiger partial charge in [0, 0.05) is 5.56 Å². The monoisotopic (exact) mass is 404 g/mol. The first-order chi connectivity index (χ1) is 14.0. The van der Waals surface area contributed by atoms with E-state index < -0.39 is 11.2 Å². The molecule has 0 radical (unpaired) electrons. The molecular formula is C25H24O5. The van der Waals surface area contributed by atoms with E-state index >= 15 is 0 Å².